The first-order valence-corrected chi connectivity index (χ1v) is 8.39. The molecule has 0 radical (unpaired) electrons. The number of esters is 1. The molecule has 5 nitrogen and oxygen atoms in total. The van der Waals surface area contributed by atoms with Gasteiger partial charge in [0.15, 0.2) is 0 Å². The smallest absolute Gasteiger partial charge is 0.321 e. The van der Waals surface area contributed by atoms with E-state index in [-0.39, 0.29) is 11.6 Å². The maximum atomic E-state index is 13.6. The lowest BCUT2D eigenvalue weighted by Gasteiger charge is -2.08. The normalized spacial score (nSPS) is 11.2. The summed E-state index contributed by atoms with van der Waals surface area (Å²) in [7, 11) is -4.17. The topological polar surface area (TPSA) is 72.5 Å². The van der Waals surface area contributed by atoms with Gasteiger partial charge in [0, 0.05) is 5.02 Å². The molecular formula is C15H13ClFNO4S. The number of carbonyl (C=O) groups excluding carboxylic acids is 1. The van der Waals surface area contributed by atoms with Crippen LogP contribution in [0.3, 0.4) is 0 Å². The van der Waals surface area contributed by atoms with Crippen LogP contribution in [-0.2, 0) is 26.2 Å². The van der Waals surface area contributed by atoms with E-state index in [2.05, 4.69) is 0 Å². The Hall–Kier alpha value is -1.96. The van der Waals surface area contributed by atoms with E-state index >= 15 is 0 Å². The third-order valence-corrected chi connectivity index (χ3v) is 4.50. The van der Waals surface area contributed by atoms with Crippen molar-refractivity contribution in [3.05, 3.63) is 64.9 Å². The molecule has 122 valence electrons. The van der Waals surface area contributed by atoms with Gasteiger partial charge < -0.3 is 4.74 Å². The van der Waals surface area contributed by atoms with Gasteiger partial charge >= 0.3 is 5.97 Å². The maximum absolute atomic E-state index is 13.6. The van der Waals surface area contributed by atoms with Gasteiger partial charge in [-0.2, -0.15) is 4.72 Å². The number of hydrogen-bond donors (Lipinski definition) is 1. The Balaban J connectivity index is 1.92. The highest BCUT2D eigenvalue weighted by Gasteiger charge is 2.20. The molecular weight excluding hydrogens is 345 g/mol. The number of hydrogen-bond acceptors (Lipinski definition) is 4. The van der Waals surface area contributed by atoms with Crippen LogP contribution in [0.1, 0.15) is 5.56 Å². The Morgan fingerprint density at radius 3 is 2.52 bits per heavy atom. The third-order valence-electron chi connectivity index (χ3n) is 2.83. The fraction of sp³-hybridized carbons (Fsp3) is 0.133. The zero-order valence-electron chi connectivity index (χ0n) is 11.8. The number of sulfonamides is 1. The molecule has 0 heterocycles. The molecule has 0 saturated carbocycles. The molecule has 2 aromatic rings. The van der Waals surface area contributed by atoms with Crippen LogP contribution in [0.4, 0.5) is 4.39 Å². The predicted molar refractivity (Wildman–Crippen MR) is 82.8 cm³/mol. The minimum absolute atomic E-state index is 0.0245. The highest BCUT2D eigenvalue weighted by molar-refractivity contribution is 7.89. The van der Waals surface area contributed by atoms with Gasteiger partial charge in [0.05, 0.1) is 0 Å². The standard InChI is InChI=1S/C15H13ClFNO4S/c16-12-6-7-14(13(17)8-12)23(20,21)18-9-15(19)22-10-11-4-2-1-3-5-11/h1-8,18H,9-10H2. The molecule has 2 rings (SSSR count). The summed E-state index contributed by atoms with van der Waals surface area (Å²) in [5, 5.41) is 0.0729. The second kappa shape index (κ2) is 7.54. The van der Waals surface area contributed by atoms with Crippen LogP contribution in [-0.4, -0.2) is 20.9 Å². The van der Waals surface area contributed by atoms with Crippen molar-refractivity contribution in [2.75, 3.05) is 6.54 Å². The molecule has 0 aliphatic heterocycles. The van der Waals surface area contributed by atoms with E-state index in [0.29, 0.717) is 0 Å². The first-order valence-electron chi connectivity index (χ1n) is 6.53. The Morgan fingerprint density at radius 2 is 1.87 bits per heavy atom. The lowest BCUT2D eigenvalue weighted by Crippen LogP contribution is -2.31. The van der Waals surface area contributed by atoms with Gasteiger partial charge in [0.1, 0.15) is 23.9 Å². The zero-order valence-corrected chi connectivity index (χ0v) is 13.4. The highest BCUT2D eigenvalue weighted by Crippen LogP contribution is 2.18. The lowest BCUT2D eigenvalue weighted by atomic mass is 10.2. The third kappa shape index (κ3) is 5.02. The van der Waals surface area contributed by atoms with Crippen LogP contribution in [0.5, 0.6) is 0 Å². The molecule has 0 bridgehead atoms. The summed E-state index contributed by atoms with van der Waals surface area (Å²) in [5.74, 6) is -1.77. The van der Waals surface area contributed by atoms with E-state index in [0.717, 1.165) is 17.7 Å². The molecule has 8 heteroatoms. The molecule has 0 aromatic heterocycles. The quantitative estimate of drug-likeness (QED) is 0.806. The molecule has 1 N–H and O–H groups in total. The monoisotopic (exact) mass is 357 g/mol. The summed E-state index contributed by atoms with van der Waals surface area (Å²) < 4.78 is 44.4. The molecule has 0 aliphatic rings. The van der Waals surface area contributed by atoms with Crippen LogP contribution in [0.25, 0.3) is 0 Å². The van der Waals surface area contributed by atoms with Crippen LogP contribution >= 0.6 is 11.6 Å². The first kappa shape index (κ1) is 17.4. The van der Waals surface area contributed by atoms with Crippen molar-refractivity contribution in [3.8, 4) is 0 Å². The van der Waals surface area contributed by atoms with E-state index in [1.54, 1.807) is 24.3 Å². The van der Waals surface area contributed by atoms with E-state index in [1.165, 1.54) is 6.07 Å². The van der Waals surface area contributed by atoms with Crippen molar-refractivity contribution in [2.24, 2.45) is 0 Å². The molecule has 0 fully saturated rings. The summed E-state index contributed by atoms with van der Waals surface area (Å²) >= 11 is 5.56. The summed E-state index contributed by atoms with van der Waals surface area (Å²) in [6, 6.07) is 12.1. The average molecular weight is 358 g/mol. The second-order valence-electron chi connectivity index (χ2n) is 4.55. The van der Waals surface area contributed by atoms with E-state index in [4.69, 9.17) is 16.3 Å². The maximum Gasteiger partial charge on any atom is 0.321 e. The van der Waals surface area contributed by atoms with Gasteiger partial charge in [0.2, 0.25) is 10.0 Å². The fourth-order valence-electron chi connectivity index (χ4n) is 1.71. The van der Waals surface area contributed by atoms with Crippen molar-refractivity contribution in [2.45, 2.75) is 11.5 Å². The Morgan fingerprint density at radius 1 is 1.17 bits per heavy atom. The molecule has 0 amide bonds. The van der Waals surface area contributed by atoms with Crippen molar-refractivity contribution in [1.29, 1.82) is 0 Å². The van der Waals surface area contributed by atoms with E-state index in [1.807, 2.05) is 10.8 Å². The summed E-state index contributed by atoms with van der Waals surface area (Å²) in [6.45, 7) is -0.575. The Kier molecular flexibility index (Phi) is 5.70. The van der Waals surface area contributed by atoms with Crippen LogP contribution in [0, 0.1) is 5.82 Å². The van der Waals surface area contributed by atoms with Gasteiger partial charge in [-0.1, -0.05) is 41.9 Å². The van der Waals surface area contributed by atoms with Crippen molar-refractivity contribution >= 4 is 27.6 Å². The molecule has 0 aliphatic carbocycles. The van der Waals surface area contributed by atoms with Gasteiger partial charge in [-0.15, -0.1) is 0 Å². The fourth-order valence-corrected chi connectivity index (χ4v) is 2.90. The molecule has 0 unspecified atom stereocenters. The molecule has 0 spiro atoms. The summed E-state index contributed by atoms with van der Waals surface area (Å²) in [6.07, 6.45) is 0. The number of halogens is 2. The summed E-state index contributed by atoms with van der Waals surface area (Å²) in [5.41, 5.74) is 0.771. The van der Waals surface area contributed by atoms with Crippen LogP contribution < -0.4 is 4.72 Å². The van der Waals surface area contributed by atoms with Crippen molar-refractivity contribution in [3.63, 3.8) is 0 Å². The van der Waals surface area contributed by atoms with Gasteiger partial charge in [-0.25, -0.2) is 12.8 Å². The lowest BCUT2D eigenvalue weighted by molar-refractivity contribution is -0.143. The average Bonchev–Trinajstić information content (AvgIpc) is 2.51. The van der Waals surface area contributed by atoms with E-state index in [9.17, 15) is 17.6 Å². The summed E-state index contributed by atoms with van der Waals surface area (Å²) in [4.78, 5) is 11.0. The largest absolute Gasteiger partial charge is 0.460 e. The number of carbonyl (C=O) groups is 1. The minimum Gasteiger partial charge on any atom is -0.460 e. The zero-order chi connectivity index (χ0) is 16.9. The van der Waals surface area contributed by atoms with Gasteiger partial charge in [0.25, 0.3) is 0 Å². The van der Waals surface area contributed by atoms with Gasteiger partial charge in [-0.3, -0.25) is 4.79 Å². The second-order valence-corrected chi connectivity index (χ2v) is 6.72. The van der Waals surface area contributed by atoms with Crippen LogP contribution in [0.2, 0.25) is 5.02 Å². The SMILES string of the molecule is O=C(CNS(=O)(=O)c1ccc(Cl)cc1F)OCc1ccccc1. The number of rotatable bonds is 6. The number of ether oxygens (including phenoxy) is 1. The molecule has 0 saturated heterocycles. The Labute approximate surface area is 138 Å². The Bertz CT molecular complexity index is 796. The number of benzene rings is 2. The predicted octanol–water partition coefficient (Wildman–Crippen LogP) is 2.50. The van der Waals surface area contributed by atoms with Crippen molar-refractivity contribution < 1.29 is 22.3 Å². The molecule has 0 atom stereocenters. The van der Waals surface area contributed by atoms with E-state index < -0.39 is 33.3 Å². The number of nitrogens with one attached hydrogen (secondary N) is 1. The molecule has 23 heavy (non-hydrogen) atoms. The van der Waals surface area contributed by atoms with Gasteiger partial charge in [-0.05, 0) is 23.8 Å². The molecule has 2 aromatic carbocycles. The first-order chi connectivity index (χ1) is 10.9. The van der Waals surface area contributed by atoms with Crippen molar-refractivity contribution in [1.82, 2.24) is 4.72 Å². The minimum atomic E-state index is -4.17. The van der Waals surface area contributed by atoms with Crippen LogP contribution in [0.15, 0.2) is 53.4 Å². The highest BCUT2D eigenvalue weighted by atomic mass is 35.5.